The maximum atomic E-state index is 12.8. The van der Waals surface area contributed by atoms with Gasteiger partial charge in [0.05, 0.1) is 25.3 Å². The number of fused-ring (bicyclic) bond motifs is 1. The van der Waals surface area contributed by atoms with Crippen molar-refractivity contribution in [1.29, 1.82) is 0 Å². The molecule has 27 heavy (non-hydrogen) atoms. The van der Waals surface area contributed by atoms with E-state index in [-0.39, 0.29) is 30.5 Å². The molecule has 2 aromatic rings. The molecule has 3 rings (SSSR count). The van der Waals surface area contributed by atoms with Crippen molar-refractivity contribution >= 4 is 11.9 Å². The number of amides is 1. The molecule has 8 heteroatoms. The minimum atomic E-state index is -1.05. The molecule has 1 aliphatic heterocycles. The number of pyridine rings is 1. The molecule has 1 atom stereocenters. The number of aromatic carboxylic acids is 1. The van der Waals surface area contributed by atoms with E-state index in [2.05, 4.69) is 4.98 Å². The average molecular weight is 374 g/mol. The lowest BCUT2D eigenvalue weighted by molar-refractivity contribution is -0.136. The summed E-state index contributed by atoms with van der Waals surface area (Å²) in [5.74, 6) is 0.420. The Morgan fingerprint density at radius 1 is 1.41 bits per heavy atom. The number of carbonyl (C=O) groups excluding carboxylic acids is 1. The Balaban J connectivity index is 1.68. The number of ether oxygens (including phenoxy) is 2. The van der Waals surface area contributed by atoms with Gasteiger partial charge in [0.2, 0.25) is 11.8 Å². The average Bonchev–Trinajstić information content (AvgIpc) is 3.01. The van der Waals surface area contributed by atoms with Crippen molar-refractivity contribution in [3.05, 3.63) is 41.0 Å². The van der Waals surface area contributed by atoms with Gasteiger partial charge in [-0.05, 0) is 32.4 Å². The smallest absolute Gasteiger partial charge is 0.339 e. The highest BCUT2D eigenvalue weighted by atomic mass is 16.5. The van der Waals surface area contributed by atoms with E-state index in [9.17, 15) is 9.59 Å². The lowest BCUT2D eigenvalue weighted by Crippen LogP contribution is -2.38. The highest BCUT2D eigenvalue weighted by molar-refractivity contribution is 5.88. The van der Waals surface area contributed by atoms with E-state index in [1.807, 2.05) is 13.0 Å². The Morgan fingerprint density at radius 2 is 2.19 bits per heavy atom. The predicted molar refractivity (Wildman–Crippen MR) is 95.0 cm³/mol. The van der Waals surface area contributed by atoms with Crippen LogP contribution in [0.2, 0.25) is 0 Å². The van der Waals surface area contributed by atoms with E-state index in [0.29, 0.717) is 36.2 Å². The highest BCUT2D eigenvalue weighted by Gasteiger charge is 2.30. The van der Waals surface area contributed by atoms with Crippen molar-refractivity contribution in [2.24, 2.45) is 5.92 Å². The fourth-order valence-corrected chi connectivity index (χ4v) is 3.12. The second-order valence-electron chi connectivity index (χ2n) is 6.46. The fourth-order valence-electron chi connectivity index (χ4n) is 3.12. The van der Waals surface area contributed by atoms with Crippen LogP contribution in [0.4, 0.5) is 0 Å². The van der Waals surface area contributed by atoms with E-state index >= 15 is 0 Å². The molecular weight excluding hydrogens is 352 g/mol. The SMILES string of the molecule is CCOc1cnc2c(c1)CC(C(=O)N(C)Cc1cc(C(=O)O)c(C)o1)CO2. The number of carboxylic acid groups (broad SMARTS) is 1. The number of aryl methyl sites for hydroxylation is 1. The van der Waals surface area contributed by atoms with Gasteiger partial charge in [0.25, 0.3) is 0 Å². The third kappa shape index (κ3) is 4.05. The molecule has 3 heterocycles. The number of aromatic nitrogens is 1. The summed E-state index contributed by atoms with van der Waals surface area (Å²) in [4.78, 5) is 29.7. The standard InChI is InChI=1S/C19H22N2O6/c1-4-25-14-6-12-5-13(10-26-17(12)20-8-14)18(22)21(3)9-15-7-16(19(23)24)11(2)27-15/h6-8,13H,4-5,9-10H2,1-3H3,(H,23,24). The molecule has 0 saturated carbocycles. The van der Waals surface area contributed by atoms with E-state index < -0.39 is 5.97 Å². The first-order chi connectivity index (χ1) is 12.9. The Labute approximate surface area is 156 Å². The molecule has 0 saturated heterocycles. The molecule has 1 unspecified atom stereocenters. The van der Waals surface area contributed by atoms with Crippen LogP contribution in [0.15, 0.2) is 22.7 Å². The van der Waals surface area contributed by atoms with Gasteiger partial charge in [-0.2, -0.15) is 0 Å². The Bertz CT molecular complexity index is 860. The van der Waals surface area contributed by atoms with Crippen molar-refractivity contribution in [3.8, 4) is 11.6 Å². The lowest BCUT2D eigenvalue weighted by atomic mass is 9.97. The van der Waals surface area contributed by atoms with Gasteiger partial charge in [-0.25, -0.2) is 9.78 Å². The van der Waals surface area contributed by atoms with Crippen LogP contribution in [0.1, 0.15) is 34.4 Å². The Kier molecular flexibility index (Phi) is 5.34. The highest BCUT2D eigenvalue weighted by Crippen LogP contribution is 2.29. The van der Waals surface area contributed by atoms with Crippen LogP contribution in [-0.4, -0.2) is 47.1 Å². The Morgan fingerprint density at radius 3 is 2.85 bits per heavy atom. The molecule has 0 bridgehead atoms. The predicted octanol–water partition coefficient (Wildman–Crippen LogP) is 2.29. The van der Waals surface area contributed by atoms with Crippen molar-refractivity contribution in [1.82, 2.24) is 9.88 Å². The van der Waals surface area contributed by atoms with Gasteiger partial charge >= 0.3 is 5.97 Å². The second kappa shape index (κ2) is 7.69. The minimum Gasteiger partial charge on any atom is -0.492 e. The van der Waals surface area contributed by atoms with Crippen molar-refractivity contribution in [2.45, 2.75) is 26.8 Å². The summed E-state index contributed by atoms with van der Waals surface area (Å²) in [5.41, 5.74) is 0.941. The molecule has 0 radical (unpaired) electrons. The third-order valence-corrected chi connectivity index (χ3v) is 4.42. The third-order valence-electron chi connectivity index (χ3n) is 4.42. The lowest BCUT2D eigenvalue weighted by Gasteiger charge is -2.27. The summed E-state index contributed by atoms with van der Waals surface area (Å²) in [6, 6.07) is 3.30. The largest absolute Gasteiger partial charge is 0.492 e. The number of carbonyl (C=O) groups is 2. The first-order valence-corrected chi connectivity index (χ1v) is 8.71. The molecule has 2 aromatic heterocycles. The molecule has 0 aliphatic carbocycles. The zero-order valence-corrected chi connectivity index (χ0v) is 15.5. The maximum absolute atomic E-state index is 12.8. The molecule has 1 N–H and O–H groups in total. The monoisotopic (exact) mass is 374 g/mol. The number of rotatable bonds is 6. The summed E-state index contributed by atoms with van der Waals surface area (Å²) in [6.45, 7) is 4.45. The van der Waals surface area contributed by atoms with E-state index in [4.69, 9.17) is 19.0 Å². The Hall–Kier alpha value is -3.03. The van der Waals surface area contributed by atoms with Gasteiger partial charge in [0, 0.05) is 12.6 Å². The van der Waals surface area contributed by atoms with Gasteiger partial charge in [-0.3, -0.25) is 4.79 Å². The molecule has 1 amide bonds. The summed E-state index contributed by atoms with van der Waals surface area (Å²) in [7, 11) is 1.66. The van der Waals surface area contributed by atoms with E-state index in [1.54, 1.807) is 20.2 Å². The van der Waals surface area contributed by atoms with Crippen LogP contribution in [0, 0.1) is 12.8 Å². The fraction of sp³-hybridized carbons (Fsp3) is 0.421. The van der Waals surface area contributed by atoms with Gasteiger partial charge < -0.3 is 23.9 Å². The molecule has 0 aromatic carbocycles. The van der Waals surface area contributed by atoms with Gasteiger partial charge in [-0.15, -0.1) is 0 Å². The summed E-state index contributed by atoms with van der Waals surface area (Å²) in [6.07, 6.45) is 2.11. The number of nitrogens with zero attached hydrogens (tertiary/aromatic N) is 2. The van der Waals surface area contributed by atoms with Crippen LogP contribution in [-0.2, 0) is 17.8 Å². The molecule has 0 fully saturated rings. The van der Waals surface area contributed by atoms with Crippen LogP contribution < -0.4 is 9.47 Å². The first kappa shape index (κ1) is 18.8. The number of hydrogen-bond donors (Lipinski definition) is 1. The van der Waals surface area contributed by atoms with E-state index in [1.165, 1.54) is 11.0 Å². The summed E-state index contributed by atoms with van der Waals surface area (Å²) < 4.78 is 16.5. The van der Waals surface area contributed by atoms with Crippen LogP contribution in [0.5, 0.6) is 11.6 Å². The van der Waals surface area contributed by atoms with Crippen molar-refractivity contribution in [3.63, 3.8) is 0 Å². The molecular formula is C19H22N2O6. The number of hydrogen-bond acceptors (Lipinski definition) is 6. The van der Waals surface area contributed by atoms with Crippen LogP contribution in [0.3, 0.4) is 0 Å². The van der Waals surface area contributed by atoms with Gasteiger partial charge in [0.1, 0.15) is 29.4 Å². The van der Waals surface area contributed by atoms with Crippen molar-refractivity contribution < 1.29 is 28.6 Å². The topological polar surface area (TPSA) is 102 Å². The molecule has 8 nitrogen and oxygen atoms in total. The molecule has 144 valence electrons. The van der Waals surface area contributed by atoms with E-state index in [0.717, 1.165) is 5.56 Å². The summed E-state index contributed by atoms with van der Waals surface area (Å²) >= 11 is 0. The van der Waals surface area contributed by atoms with Gasteiger partial charge in [-0.1, -0.05) is 0 Å². The zero-order chi connectivity index (χ0) is 19.6. The van der Waals surface area contributed by atoms with Crippen LogP contribution >= 0.6 is 0 Å². The quantitative estimate of drug-likeness (QED) is 0.827. The normalized spacial score (nSPS) is 15.6. The first-order valence-electron chi connectivity index (χ1n) is 8.71. The number of carboxylic acids is 1. The second-order valence-corrected chi connectivity index (χ2v) is 6.46. The van der Waals surface area contributed by atoms with Crippen molar-refractivity contribution in [2.75, 3.05) is 20.3 Å². The van der Waals surface area contributed by atoms with Gasteiger partial charge in [0.15, 0.2) is 0 Å². The summed E-state index contributed by atoms with van der Waals surface area (Å²) in [5, 5.41) is 9.11. The van der Waals surface area contributed by atoms with Crippen LogP contribution in [0.25, 0.3) is 0 Å². The zero-order valence-electron chi connectivity index (χ0n) is 15.5. The molecule has 1 aliphatic rings. The number of furan rings is 1. The minimum absolute atomic E-state index is 0.103. The maximum Gasteiger partial charge on any atom is 0.339 e. The molecule has 0 spiro atoms.